The van der Waals surface area contributed by atoms with Gasteiger partial charge in [0, 0.05) is 33.1 Å². The number of ketones is 1. The van der Waals surface area contributed by atoms with E-state index in [-0.39, 0.29) is 5.78 Å². The van der Waals surface area contributed by atoms with E-state index in [1.807, 2.05) is 44.2 Å². The molecule has 0 aliphatic heterocycles. The van der Waals surface area contributed by atoms with Crippen LogP contribution in [0.5, 0.6) is 5.75 Å². The molecule has 4 rings (SSSR count). The zero-order valence-electron chi connectivity index (χ0n) is 18.9. The van der Waals surface area contributed by atoms with Gasteiger partial charge in [-0.1, -0.05) is 37.1 Å². The molecule has 1 aliphatic rings. The molecule has 0 saturated heterocycles. The smallest absolute Gasteiger partial charge is 0.191 e. The fourth-order valence-electron chi connectivity index (χ4n) is 4.26. The van der Waals surface area contributed by atoms with Crippen LogP contribution in [0.3, 0.4) is 0 Å². The van der Waals surface area contributed by atoms with Gasteiger partial charge in [0.05, 0.1) is 19.4 Å². The Morgan fingerprint density at radius 2 is 2.03 bits per heavy atom. The van der Waals surface area contributed by atoms with Gasteiger partial charge in [0.15, 0.2) is 16.8 Å². The number of carbonyl (C=O) groups is 1. The van der Waals surface area contributed by atoms with Crippen LogP contribution in [0, 0.1) is 13.8 Å². The van der Waals surface area contributed by atoms with Crippen molar-refractivity contribution in [3.63, 3.8) is 0 Å². The first-order chi connectivity index (χ1) is 15.5. The van der Waals surface area contributed by atoms with Crippen LogP contribution in [0.4, 0.5) is 5.69 Å². The van der Waals surface area contributed by atoms with E-state index in [0.29, 0.717) is 18.3 Å². The van der Waals surface area contributed by atoms with Crippen molar-refractivity contribution in [1.82, 2.24) is 14.8 Å². The van der Waals surface area contributed by atoms with Crippen molar-refractivity contribution in [1.29, 1.82) is 0 Å². The SMILES string of the molecule is COc1cccc(NCc2nnc(SCC(=O)c3cc(C)sc3C)n2C2CCCCC2)c1. The quantitative estimate of drug-likeness (QED) is 0.303. The standard InChI is InChI=1S/C24H30N4O2S2/c1-16-12-21(17(2)32-16)22(29)15-31-24-27-26-23(28(24)19-9-5-4-6-10-19)14-25-18-8-7-11-20(13-18)30-3/h7-8,11-13,19,25H,4-6,9-10,14-15H2,1-3H3. The molecule has 0 spiro atoms. The summed E-state index contributed by atoms with van der Waals surface area (Å²) >= 11 is 3.18. The van der Waals surface area contributed by atoms with Crippen LogP contribution in [0.2, 0.25) is 0 Å². The summed E-state index contributed by atoms with van der Waals surface area (Å²) in [5.41, 5.74) is 1.82. The van der Waals surface area contributed by atoms with Crippen molar-refractivity contribution in [2.24, 2.45) is 0 Å². The lowest BCUT2D eigenvalue weighted by atomic mass is 9.95. The minimum Gasteiger partial charge on any atom is -0.497 e. The minimum atomic E-state index is 0.158. The normalized spacial score (nSPS) is 14.5. The molecular formula is C24H30N4O2S2. The molecular weight excluding hydrogens is 440 g/mol. The van der Waals surface area contributed by atoms with Gasteiger partial charge < -0.3 is 14.6 Å². The Labute approximate surface area is 197 Å². The van der Waals surface area contributed by atoms with Gasteiger partial charge in [-0.15, -0.1) is 21.5 Å². The maximum absolute atomic E-state index is 12.8. The molecule has 1 N–H and O–H groups in total. The van der Waals surface area contributed by atoms with Crippen LogP contribution < -0.4 is 10.1 Å². The number of nitrogens with zero attached hydrogens (tertiary/aromatic N) is 3. The molecule has 0 unspecified atom stereocenters. The Balaban J connectivity index is 1.50. The lowest BCUT2D eigenvalue weighted by molar-refractivity contribution is 0.102. The number of aromatic nitrogens is 3. The average Bonchev–Trinajstić information content (AvgIpc) is 3.38. The summed E-state index contributed by atoms with van der Waals surface area (Å²) < 4.78 is 7.60. The summed E-state index contributed by atoms with van der Waals surface area (Å²) in [5.74, 6) is 2.27. The number of thiophene rings is 1. The molecule has 0 atom stereocenters. The number of nitrogens with one attached hydrogen (secondary N) is 1. The maximum atomic E-state index is 12.8. The third-order valence-corrected chi connectivity index (χ3v) is 7.78. The predicted octanol–water partition coefficient (Wildman–Crippen LogP) is 6.06. The van der Waals surface area contributed by atoms with Crippen molar-refractivity contribution in [3.8, 4) is 5.75 Å². The molecule has 0 radical (unpaired) electrons. The highest BCUT2D eigenvalue weighted by Gasteiger charge is 2.24. The summed E-state index contributed by atoms with van der Waals surface area (Å²) in [7, 11) is 1.67. The number of carbonyl (C=O) groups excluding carboxylic acids is 1. The van der Waals surface area contributed by atoms with E-state index in [1.165, 1.54) is 35.9 Å². The summed E-state index contributed by atoms with van der Waals surface area (Å²) in [4.78, 5) is 15.1. The number of rotatable bonds is 9. The summed E-state index contributed by atoms with van der Waals surface area (Å²) in [6.07, 6.45) is 6.00. The molecule has 2 heterocycles. The van der Waals surface area contributed by atoms with E-state index >= 15 is 0 Å². The number of hydrogen-bond acceptors (Lipinski definition) is 7. The van der Waals surface area contributed by atoms with E-state index in [4.69, 9.17) is 4.74 Å². The zero-order valence-corrected chi connectivity index (χ0v) is 20.5. The third kappa shape index (κ3) is 5.35. The van der Waals surface area contributed by atoms with E-state index < -0.39 is 0 Å². The van der Waals surface area contributed by atoms with Crippen molar-refractivity contribution in [2.75, 3.05) is 18.2 Å². The van der Waals surface area contributed by atoms with Crippen LogP contribution in [0.15, 0.2) is 35.5 Å². The lowest BCUT2D eigenvalue weighted by Crippen LogP contribution is -2.18. The van der Waals surface area contributed by atoms with Crippen LogP contribution >= 0.6 is 23.1 Å². The molecule has 8 heteroatoms. The second kappa shape index (κ2) is 10.5. The molecule has 32 heavy (non-hydrogen) atoms. The Bertz CT molecular complexity index is 1070. The van der Waals surface area contributed by atoms with E-state index in [0.717, 1.165) is 45.7 Å². The first kappa shape index (κ1) is 22.9. The number of aryl methyl sites for hydroxylation is 2. The van der Waals surface area contributed by atoms with E-state index in [1.54, 1.807) is 18.4 Å². The van der Waals surface area contributed by atoms with Crippen molar-refractivity contribution >= 4 is 34.6 Å². The molecule has 1 aromatic carbocycles. The first-order valence-electron chi connectivity index (χ1n) is 11.1. The minimum absolute atomic E-state index is 0.158. The molecule has 0 amide bonds. The number of hydrogen-bond donors (Lipinski definition) is 1. The number of thioether (sulfide) groups is 1. The molecule has 170 valence electrons. The van der Waals surface area contributed by atoms with Crippen LogP contribution in [-0.4, -0.2) is 33.4 Å². The maximum Gasteiger partial charge on any atom is 0.191 e. The van der Waals surface area contributed by atoms with Gasteiger partial charge in [-0.25, -0.2) is 0 Å². The highest BCUT2D eigenvalue weighted by atomic mass is 32.2. The molecule has 6 nitrogen and oxygen atoms in total. The number of benzene rings is 1. The number of methoxy groups -OCH3 is 1. The predicted molar refractivity (Wildman–Crippen MR) is 131 cm³/mol. The van der Waals surface area contributed by atoms with Crippen molar-refractivity contribution in [2.45, 2.75) is 63.7 Å². The number of Topliss-reactive ketones (excluding diaryl/α,β-unsaturated/α-hetero) is 1. The first-order valence-corrected chi connectivity index (χ1v) is 12.9. The van der Waals surface area contributed by atoms with Gasteiger partial charge in [0.1, 0.15) is 5.75 Å². The zero-order chi connectivity index (χ0) is 22.5. The molecule has 1 aliphatic carbocycles. The second-order valence-electron chi connectivity index (χ2n) is 8.18. The van der Waals surface area contributed by atoms with Gasteiger partial charge >= 0.3 is 0 Å². The van der Waals surface area contributed by atoms with Gasteiger partial charge in [-0.3, -0.25) is 4.79 Å². The highest BCUT2D eigenvalue weighted by molar-refractivity contribution is 7.99. The summed E-state index contributed by atoms with van der Waals surface area (Å²) in [5, 5.41) is 13.3. The molecule has 1 saturated carbocycles. The monoisotopic (exact) mass is 470 g/mol. The Hall–Kier alpha value is -2.32. The van der Waals surface area contributed by atoms with Gasteiger partial charge in [0.25, 0.3) is 0 Å². The van der Waals surface area contributed by atoms with E-state index in [2.05, 4.69) is 20.1 Å². The lowest BCUT2D eigenvalue weighted by Gasteiger charge is -2.25. The molecule has 2 aromatic heterocycles. The fraction of sp³-hybridized carbons (Fsp3) is 0.458. The largest absolute Gasteiger partial charge is 0.497 e. The second-order valence-corrected chi connectivity index (χ2v) is 10.6. The molecule has 1 fully saturated rings. The van der Waals surface area contributed by atoms with Crippen LogP contribution in [-0.2, 0) is 6.54 Å². The Morgan fingerprint density at radius 1 is 1.22 bits per heavy atom. The average molecular weight is 471 g/mol. The highest BCUT2D eigenvalue weighted by Crippen LogP contribution is 2.33. The number of ether oxygens (including phenoxy) is 1. The molecule has 3 aromatic rings. The Morgan fingerprint density at radius 3 is 2.75 bits per heavy atom. The molecule has 0 bridgehead atoms. The van der Waals surface area contributed by atoms with Crippen molar-refractivity contribution in [3.05, 3.63) is 51.5 Å². The van der Waals surface area contributed by atoms with Gasteiger partial charge in [-0.2, -0.15) is 0 Å². The van der Waals surface area contributed by atoms with E-state index in [9.17, 15) is 4.79 Å². The number of anilines is 1. The topological polar surface area (TPSA) is 69.0 Å². The van der Waals surface area contributed by atoms with Crippen molar-refractivity contribution < 1.29 is 9.53 Å². The van der Waals surface area contributed by atoms with Crippen LogP contribution in [0.1, 0.15) is 64.1 Å². The van der Waals surface area contributed by atoms with Crippen LogP contribution in [0.25, 0.3) is 0 Å². The summed E-state index contributed by atoms with van der Waals surface area (Å²) in [6, 6.07) is 10.3. The van der Waals surface area contributed by atoms with Gasteiger partial charge in [-0.05, 0) is 44.9 Å². The summed E-state index contributed by atoms with van der Waals surface area (Å²) in [6.45, 7) is 4.64. The van der Waals surface area contributed by atoms with Gasteiger partial charge in [0.2, 0.25) is 0 Å². The Kier molecular flexibility index (Phi) is 7.52. The third-order valence-electron chi connectivity index (χ3n) is 5.87. The fourth-order valence-corrected chi connectivity index (χ4v) is 6.11.